The first-order valence-electron chi connectivity index (χ1n) is 6.92. The van der Waals surface area contributed by atoms with Gasteiger partial charge in [-0.2, -0.15) is 0 Å². The lowest BCUT2D eigenvalue weighted by Crippen LogP contribution is -2.38. The van der Waals surface area contributed by atoms with Gasteiger partial charge in [-0.15, -0.1) is 11.3 Å². The van der Waals surface area contributed by atoms with Crippen molar-refractivity contribution in [3.8, 4) is 0 Å². The van der Waals surface area contributed by atoms with Gasteiger partial charge in [-0.05, 0) is 24.3 Å². The van der Waals surface area contributed by atoms with Gasteiger partial charge in [0.05, 0.1) is 11.8 Å². The van der Waals surface area contributed by atoms with Gasteiger partial charge in [0.1, 0.15) is 0 Å². The zero-order chi connectivity index (χ0) is 13.7. The minimum Gasteiger partial charge on any atom is -0.392 e. The second-order valence-electron chi connectivity index (χ2n) is 5.13. The fraction of sp³-hybridized carbons (Fsp3) is 0.643. The summed E-state index contributed by atoms with van der Waals surface area (Å²) >= 11 is 1.63. The van der Waals surface area contributed by atoms with Gasteiger partial charge in [0, 0.05) is 24.4 Å². The van der Waals surface area contributed by atoms with Crippen molar-refractivity contribution in [1.82, 2.24) is 5.32 Å². The van der Waals surface area contributed by atoms with E-state index in [9.17, 15) is 9.90 Å². The summed E-state index contributed by atoms with van der Waals surface area (Å²) in [5.41, 5.74) is 0.883. The Labute approximate surface area is 118 Å². The highest BCUT2D eigenvalue weighted by Crippen LogP contribution is 2.24. The van der Waals surface area contributed by atoms with Gasteiger partial charge in [-0.25, -0.2) is 0 Å². The molecule has 1 fully saturated rings. The molecule has 3 N–H and O–H groups in total. The first-order valence-corrected chi connectivity index (χ1v) is 7.80. The summed E-state index contributed by atoms with van der Waals surface area (Å²) in [4.78, 5) is 12.2. The van der Waals surface area contributed by atoms with Crippen molar-refractivity contribution < 1.29 is 9.90 Å². The minimum absolute atomic E-state index is 0.0471. The van der Waals surface area contributed by atoms with Crippen LogP contribution in [-0.2, 0) is 11.3 Å². The van der Waals surface area contributed by atoms with Crippen LogP contribution < -0.4 is 10.6 Å². The molecule has 0 bridgehead atoms. The molecular weight excluding hydrogens is 260 g/mol. The number of carbonyl (C=O) groups is 1. The molecule has 0 saturated heterocycles. The zero-order valence-electron chi connectivity index (χ0n) is 11.3. The molecular formula is C14H22N2O2S. The lowest BCUT2D eigenvalue weighted by atomic mass is 10.1. The average Bonchev–Trinajstić information content (AvgIpc) is 2.68. The highest BCUT2D eigenvalue weighted by molar-refractivity contribution is 7.10. The van der Waals surface area contributed by atoms with Crippen molar-refractivity contribution in [3.63, 3.8) is 0 Å². The number of nitrogens with one attached hydrogen (secondary N) is 2. The Balaban J connectivity index is 1.90. The normalized spacial score (nSPS) is 23.9. The molecule has 2 rings (SSSR count). The van der Waals surface area contributed by atoms with Crippen LogP contribution in [0.15, 0.2) is 11.4 Å². The number of thiophene rings is 1. The number of anilines is 1. The molecule has 2 atom stereocenters. The molecule has 0 spiro atoms. The molecule has 1 aliphatic carbocycles. The van der Waals surface area contributed by atoms with E-state index in [4.69, 9.17) is 0 Å². The monoisotopic (exact) mass is 282 g/mol. The maximum atomic E-state index is 11.1. The van der Waals surface area contributed by atoms with E-state index >= 15 is 0 Å². The summed E-state index contributed by atoms with van der Waals surface area (Å²) < 4.78 is 0. The van der Waals surface area contributed by atoms with Crippen LogP contribution in [0.2, 0.25) is 0 Å². The molecule has 1 aromatic heterocycles. The van der Waals surface area contributed by atoms with E-state index in [-0.39, 0.29) is 18.1 Å². The standard InChI is InChI=1S/C14H22N2O2S/c1-10(17)16-12-7-8-19-14(12)9-15-11-5-3-2-4-6-13(11)18/h7-8,11,13,15,18H,2-6,9H2,1H3,(H,16,17). The van der Waals surface area contributed by atoms with E-state index < -0.39 is 0 Å². The number of aliphatic hydroxyl groups is 1. The maximum absolute atomic E-state index is 11.1. The number of rotatable bonds is 4. The van der Waals surface area contributed by atoms with E-state index in [2.05, 4.69) is 10.6 Å². The van der Waals surface area contributed by atoms with Crippen LogP contribution in [0, 0.1) is 0 Å². The van der Waals surface area contributed by atoms with Crippen LogP contribution in [-0.4, -0.2) is 23.2 Å². The summed E-state index contributed by atoms with van der Waals surface area (Å²) in [6.07, 6.45) is 5.19. The maximum Gasteiger partial charge on any atom is 0.221 e. The smallest absolute Gasteiger partial charge is 0.221 e. The van der Waals surface area contributed by atoms with E-state index in [0.29, 0.717) is 6.54 Å². The minimum atomic E-state index is -0.244. The van der Waals surface area contributed by atoms with Crippen molar-refractivity contribution in [1.29, 1.82) is 0 Å². The molecule has 0 aromatic carbocycles. The molecule has 1 saturated carbocycles. The molecule has 4 nitrogen and oxygen atoms in total. The topological polar surface area (TPSA) is 61.4 Å². The largest absolute Gasteiger partial charge is 0.392 e. The highest BCUT2D eigenvalue weighted by atomic mass is 32.1. The number of hydrogen-bond acceptors (Lipinski definition) is 4. The van der Waals surface area contributed by atoms with Gasteiger partial charge < -0.3 is 15.7 Å². The summed E-state index contributed by atoms with van der Waals surface area (Å²) in [6.45, 7) is 2.22. The molecule has 2 unspecified atom stereocenters. The summed E-state index contributed by atoms with van der Waals surface area (Å²) in [5, 5.41) is 18.3. The molecule has 1 amide bonds. The van der Waals surface area contributed by atoms with Crippen molar-refractivity contribution in [2.75, 3.05) is 5.32 Å². The van der Waals surface area contributed by atoms with Gasteiger partial charge in [0.2, 0.25) is 5.91 Å². The lowest BCUT2D eigenvalue weighted by Gasteiger charge is -2.21. The molecule has 1 aromatic rings. The van der Waals surface area contributed by atoms with Crippen LogP contribution in [0.1, 0.15) is 43.9 Å². The van der Waals surface area contributed by atoms with E-state index in [1.807, 2.05) is 11.4 Å². The van der Waals surface area contributed by atoms with Gasteiger partial charge in [-0.1, -0.05) is 19.3 Å². The molecule has 106 valence electrons. The first kappa shape index (κ1) is 14.5. The van der Waals surface area contributed by atoms with Crippen LogP contribution in [0.25, 0.3) is 0 Å². The second kappa shape index (κ2) is 7.03. The second-order valence-corrected chi connectivity index (χ2v) is 6.13. The molecule has 1 heterocycles. The highest BCUT2D eigenvalue weighted by Gasteiger charge is 2.21. The zero-order valence-corrected chi connectivity index (χ0v) is 12.1. The van der Waals surface area contributed by atoms with Crippen LogP contribution in [0.5, 0.6) is 0 Å². The number of amides is 1. The lowest BCUT2D eigenvalue weighted by molar-refractivity contribution is -0.114. The van der Waals surface area contributed by atoms with Crippen molar-refractivity contribution in [2.24, 2.45) is 0 Å². The Morgan fingerprint density at radius 1 is 1.42 bits per heavy atom. The quantitative estimate of drug-likeness (QED) is 0.744. The van der Waals surface area contributed by atoms with Crippen molar-refractivity contribution in [3.05, 3.63) is 16.3 Å². The summed E-state index contributed by atoms with van der Waals surface area (Å²) in [6, 6.07) is 2.10. The van der Waals surface area contributed by atoms with E-state index in [0.717, 1.165) is 29.8 Å². The van der Waals surface area contributed by atoms with Crippen LogP contribution in [0.3, 0.4) is 0 Å². The first-order chi connectivity index (χ1) is 9.16. The molecule has 0 aliphatic heterocycles. The third-order valence-corrected chi connectivity index (χ3v) is 4.48. The number of aliphatic hydroxyl groups excluding tert-OH is 1. The SMILES string of the molecule is CC(=O)Nc1ccsc1CNC1CCCCCC1O. The Bertz CT molecular complexity index is 419. The number of hydrogen-bond donors (Lipinski definition) is 3. The van der Waals surface area contributed by atoms with Gasteiger partial charge in [-0.3, -0.25) is 4.79 Å². The van der Waals surface area contributed by atoms with Crippen LogP contribution in [0.4, 0.5) is 5.69 Å². The van der Waals surface area contributed by atoms with Crippen molar-refractivity contribution in [2.45, 2.75) is 57.7 Å². The van der Waals surface area contributed by atoms with Gasteiger partial charge in [0.25, 0.3) is 0 Å². The predicted octanol–water partition coefficient (Wildman–Crippen LogP) is 2.49. The predicted molar refractivity (Wildman–Crippen MR) is 78.3 cm³/mol. The van der Waals surface area contributed by atoms with E-state index in [1.54, 1.807) is 11.3 Å². The molecule has 1 aliphatic rings. The Kier molecular flexibility index (Phi) is 5.36. The van der Waals surface area contributed by atoms with Gasteiger partial charge >= 0.3 is 0 Å². The number of carbonyl (C=O) groups excluding carboxylic acids is 1. The fourth-order valence-electron chi connectivity index (χ4n) is 2.53. The Morgan fingerprint density at radius 2 is 2.21 bits per heavy atom. The Morgan fingerprint density at radius 3 is 3.00 bits per heavy atom. The summed E-state index contributed by atoms with van der Waals surface area (Å²) in [7, 11) is 0. The van der Waals surface area contributed by atoms with Crippen LogP contribution >= 0.6 is 11.3 Å². The third-order valence-electron chi connectivity index (χ3n) is 3.56. The fourth-order valence-corrected chi connectivity index (χ4v) is 3.31. The van der Waals surface area contributed by atoms with Gasteiger partial charge in [0.15, 0.2) is 0 Å². The Hall–Kier alpha value is -0.910. The molecule has 19 heavy (non-hydrogen) atoms. The third kappa shape index (κ3) is 4.30. The summed E-state index contributed by atoms with van der Waals surface area (Å²) in [5.74, 6) is -0.0471. The van der Waals surface area contributed by atoms with E-state index in [1.165, 1.54) is 19.8 Å². The molecule has 0 radical (unpaired) electrons. The molecule has 5 heteroatoms. The average molecular weight is 282 g/mol. The van der Waals surface area contributed by atoms with Crippen molar-refractivity contribution >= 4 is 22.9 Å².